The molecule has 2 fully saturated rings. The van der Waals surface area contributed by atoms with E-state index in [0.29, 0.717) is 24.2 Å². The van der Waals surface area contributed by atoms with Crippen LogP contribution in [-0.4, -0.2) is 26.5 Å². The van der Waals surface area contributed by atoms with E-state index in [2.05, 4.69) is 48.1 Å². The Labute approximate surface area is 149 Å². The van der Waals surface area contributed by atoms with Gasteiger partial charge in [0.2, 0.25) is 0 Å². The predicted molar refractivity (Wildman–Crippen MR) is 101 cm³/mol. The van der Waals surface area contributed by atoms with Gasteiger partial charge in [-0.15, -0.1) is 6.58 Å². The van der Waals surface area contributed by atoms with Gasteiger partial charge in [-0.2, -0.15) is 0 Å². The summed E-state index contributed by atoms with van der Waals surface area (Å²) in [6.45, 7) is 17.6. The summed E-state index contributed by atoms with van der Waals surface area (Å²) in [6, 6.07) is 3.46. The minimum atomic E-state index is -1.71. The molecule has 1 aliphatic heterocycles. The molecule has 0 aromatic carbocycles. The molecular formula is C20H36O3Si. The quantitative estimate of drug-likeness (QED) is 0.343. The molecule has 0 aromatic rings. The summed E-state index contributed by atoms with van der Waals surface area (Å²) in [5.74, 6) is 0.965. The molecule has 0 bridgehead atoms. The largest absolute Gasteiger partial charge is 0.461 e. The highest BCUT2D eigenvalue weighted by molar-refractivity contribution is 6.73. The molecule has 24 heavy (non-hydrogen) atoms. The molecule has 3 nitrogen and oxygen atoms in total. The zero-order valence-corrected chi connectivity index (χ0v) is 17.4. The van der Waals surface area contributed by atoms with Crippen molar-refractivity contribution in [2.45, 2.75) is 84.7 Å². The third-order valence-electron chi connectivity index (χ3n) is 6.76. The first-order valence-electron chi connectivity index (χ1n) is 9.73. The Morgan fingerprint density at radius 1 is 1.33 bits per heavy atom. The van der Waals surface area contributed by atoms with Crippen molar-refractivity contribution in [2.24, 2.45) is 23.2 Å². The van der Waals surface area contributed by atoms with Crippen LogP contribution in [0.1, 0.15) is 54.4 Å². The molecule has 0 unspecified atom stereocenters. The van der Waals surface area contributed by atoms with E-state index >= 15 is 0 Å². The van der Waals surface area contributed by atoms with E-state index in [4.69, 9.17) is 9.16 Å². The van der Waals surface area contributed by atoms with Gasteiger partial charge >= 0.3 is 5.97 Å². The standard InChI is InChI=1S/C20H36O3Si/c1-8-14(5)18(23-24(9-2,10-3)11-4)16-13-20(6,7)19-15(16)12-17(21)22-19/h8,14-16,18-19H,1,9-13H2,2-7H3/t14-,15-,16-,18-,19-/m1/s1. The first-order valence-corrected chi connectivity index (χ1v) is 12.3. The molecule has 2 rings (SSSR count). The van der Waals surface area contributed by atoms with Crippen molar-refractivity contribution < 1.29 is 14.0 Å². The van der Waals surface area contributed by atoms with Crippen molar-refractivity contribution in [3.8, 4) is 0 Å². The topological polar surface area (TPSA) is 35.5 Å². The maximum Gasteiger partial charge on any atom is 0.306 e. The minimum absolute atomic E-state index is 0.0298. The van der Waals surface area contributed by atoms with Gasteiger partial charge in [-0.1, -0.05) is 47.6 Å². The second-order valence-electron chi connectivity index (χ2n) is 8.56. The first kappa shape index (κ1) is 19.7. The highest BCUT2D eigenvalue weighted by atomic mass is 28.4. The average Bonchev–Trinajstić information content (AvgIpc) is 3.06. The Bertz CT molecular complexity index is 461. The van der Waals surface area contributed by atoms with Crippen LogP contribution in [-0.2, 0) is 14.0 Å². The van der Waals surface area contributed by atoms with E-state index in [-0.39, 0.29) is 23.6 Å². The second-order valence-corrected chi connectivity index (χ2v) is 13.3. The molecule has 1 saturated heterocycles. The van der Waals surface area contributed by atoms with E-state index in [1.165, 1.54) is 0 Å². The van der Waals surface area contributed by atoms with Crippen LogP contribution < -0.4 is 0 Å². The first-order chi connectivity index (χ1) is 11.2. The van der Waals surface area contributed by atoms with Crippen molar-refractivity contribution in [2.75, 3.05) is 0 Å². The lowest BCUT2D eigenvalue weighted by Crippen LogP contribution is -2.45. The molecule has 1 saturated carbocycles. The monoisotopic (exact) mass is 352 g/mol. The van der Waals surface area contributed by atoms with Gasteiger partial charge in [0.15, 0.2) is 8.32 Å². The number of rotatable bonds is 8. The lowest BCUT2D eigenvalue weighted by atomic mass is 9.83. The summed E-state index contributed by atoms with van der Waals surface area (Å²) in [5.41, 5.74) is 0.0405. The highest BCUT2D eigenvalue weighted by Gasteiger charge is 2.57. The zero-order valence-electron chi connectivity index (χ0n) is 16.4. The van der Waals surface area contributed by atoms with Crippen molar-refractivity contribution in [1.29, 1.82) is 0 Å². The maximum absolute atomic E-state index is 11.9. The van der Waals surface area contributed by atoms with E-state index in [0.717, 1.165) is 24.6 Å². The lowest BCUT2D eigenvalue weighted by Gasteiger charge is -2.39. The highest BCUT2D eigenvalue weighted by Crippen LogP contribution is 2.54. The van der Waals surface area contributed by atoms with Crippen LogP contribution >= 0.6 is 0 Å². The Hall–Kier alpha value is -0.613. The van der Waals surface area contributed by atoms with Crippen LogP contribution in [0.2, 0.25) is 18.1 Å². The van der Waals surface area contributed by atoms with Crippen molar-refractivity contribution in [3.05, 3.63) is 12.7 Å². The van der Waals surface area contributed by atoms with Gasteiger partial charge in [0.05, 0.1) is 12.5 Å². The van der Waals surface area contributed by atoms with E-state index in [9.17, 15) is 4.79 Å². The van der Waals surface area contributed by atoms with Gasteiger partial charge < -0.3 is 9.16 Å². The molecule has 4 heteroatoms. The van der Waals surface area contributed by atoms with Gasteiger partial charge in [-0.25, -0.2) is 0 Å². The number of esters is 1. The molecule has 2 aliphatic rings. The molecule has 138 valence electrons. The maximum atomic E-state index is 11.9. The average molecular weight is 353 g/mol. The second kappa shape index (κ2) is 7.33. The van der Waals surface area contributed by atoms with E-state index in [1.807, 2.05) is 6.08 Å². The molecular weight excluding hydrogens is 316 g/mol. The summed E-state index contributed by atoms with van der Waals surface area (Å²) in [4.78, 5) is 11.9. The number of ether oxygens (including phenoxy) is 1. The van der Waals surface area contributed by atoms with Crippen LogP contribution in [0, 0.1) is 23.2 Å². The summed E-state index contributed by atoms with van der Waals surface area (Å²) in [6.07, 6.45) is 3.88. The van der Waals surface area contributed by atoms with Crippen molar-refractivity contribution in [1.82, 2.24) is 0 Å². The minimum Gasteiger partial charge on any atom is -0.461 e. The normalized spacial score (nSPS) is 31.4. The lowest BCUT2D eigenvalue weighted by molar-refractivity contribution is -0.145. The summed E-state index contributed by atoms with van der Waals surface area (Å²) >= 11 is 0. The number of carbonyl (C=O) groups excluding carboxylic acids is 1. The Morgan fingerprint density at radius 2 is 1.92 bits per heavy atom. The fourth-order valence-corrected chi connectivity index (χ4v) is 7.90. The van der Waals surface area contributed by atoms with Crippen molar-refractivity contribution >= 4 is 14.3 Å². The van der Waals surface area contributed by atoms with Crippen LogP contribution in [0.25, 0.3) is 0 Å². The van der Waals surface area contributed by atoms with Gasteiger partial charge in [0.1, 0.15) is 6.10 Å². The molecule has 0 N–H and O–H groups in total. The molecule has 0 aromatic heterocycles. The van der Waals surface area contributed by atoms with Gasteiger partial charge in [0, 0.05) is 11.3 Å². The number of hydrogen-bond donors (Lipinski definition) is 0. The number of carbonyl (C=O) groups is 1. The summed E-state index contributed by atoms with van der Waals surface area (Å²) in [5, 5.41) is 0. The number of fused-ring (bicyclic) bond motifs is 1. The third-order valence-corrected chi connectivity index (χ3v) is 11.4. The molecule has 0 radical (unpaired) electrons. The number of hydrogen-bond acceptors (Lipinski definition) is 3. The molecule has 1 aliphatic carbocycles. The van der Waals surface area contributed by atoms with Crippen molar-refractivity contribution in [3.63, 3.8) is 0 Å². The molecule has 0 spiro atoms. The van der Waals surface area contributed by atoms with Crippen LogP contribution in [0.4, 0.5) is 0 Å². The van der Waals surface area contributed by atoms with Gasteiger partial charge in [-0.05, 0) is 36.4 Å². The van der Waals surface area contributed by atoms with Gasteiger partial charge in [-0.3, -0.25) is 4.79 Å². The Kier molecular flexibility index (Phi) is 6.02. The van der Waals surface area contributed by atoms with E-state index in [1.54, 1.807) is 0 Å². The molecule has 0 amide bonds. The predicted octanol–water partition coefficient (Wildman–Crippen LogP) is 5.18. The molecule has 1 heterocycles. The van der Waals surface area contributed by atoms with Crippen LogP contribution in [0.15, 0.2) is 12.7 Å². The zero-order chi connectivity index (χ0) is 18.1. The fraction of sp³-hybridized carbons (Fsp3) is 0.850. The third kappa shape index (κ3) is 3.50. The van der Waals surface area contributed by atoms with E-state index < -0.39 is 8.32 Å². The Balaban J connectivity index is 2.31. The Morgan fingerprint density at radius 3 is 2.42 bits per heavy atom. The SMILES string of the molecule is C=C[C@@H](C)[C@@H](O[Si](CC)(CC)CC)[C@@H]1CC(C)(C)[C@@H]2OC(=O)C[C@H]12. The van der Waals surface area contributed by atoms with Crippen LogP contribution in [0.3, 0.4) is 0 Å². The fourth-order valence-electron chi connectivity index (χ4n) is 4.93. The smallest absolute Gasteiger partial charge is 0.306 e. The summed E-state index contributed by atoms with van der Waals surface area (Å²) in [7, 11) is -1.71. The summed E-state index contributed by atoms with van der Waals surface area (Å²) < 4.78 is 12.7. The van der Waals surface area contributed by atoms with Crippen LogP contribution in [0.5, 0.6) is 0 Å². The van der Waals surface area contributed by atoms with Gasteiger partial charge in [0.25, 0.3) is 0 Å². The molecule has 5 atom stereocenters.